The van der Waals surface area contributed by atoms with Gasteiger partial charge in [-0.05, 0) is 56.3 Å². The van der Waals surface area contributed by atoms with Crippen molar-refractivity contribution in [1.82, 2.24) is 9.29 Å². The fourth-order valence-corrected chi connectivity index (χ4v) is 4.93. The van der Waals surface area contributed by atoms with Gasteiger partial charge in [-0.1, -0.05) is 0 Å². The molecule has 0 bridgehead atoms. The minimum Gasteiger partial charge on any atom is -0.493 e. The summed E-state index contributed by atoms with van der Waals surface area (Å²) in [6, 6.07) is 11.1. The van der Waals surface area contributed by atoms with E-state index in [9.17, 15) is 13.2 Å². The molecule has 8 nitrogen and oxygen atoms in total. The third-order valence-corrected chi connectivity index (χ3v) is 7.73. The van der Waals surface area contributed by atoms with E-state index in [1.54, 1.807) is 34.1 Å². The number of aromatic nitrogens is 1. The summed E-state index contributed by atoms with van der Waals surface area (Å²) in [6.07, 6.45) is 0. The molecule has 3 aromatic rings. The fourth-order valence-electron chi connectivity index (χ4n) is 2.85. The summed E-state index contributed by atoms with van der Waals surface area (Å²) in [5.74, 6) is 0.825. The molecule has 0 atom stereocenters. The Bertz CT molecular complexity index is 1200. The summed E-state index contributed by atoms with van der Waals surface area (Å²) in [6.45, 7) is 3.59. The first-order chi connectivity index (χ1) is 15.2. The molecular formula is C22H25N3O5S2. The lowest BCUT2D eigenvalue weighted by molar-refractivity contribution is 0.102. The minimum absolute atomic E-state index is 0.134. The molecule has 3 rings (SSSR count). The van der Waals surface area contributed by atoms with E-state index in [0.29, 0.717) is 27.9 Å². The van der Waals surface area contributed by atoms with Gasteiger partial charge in [0.15, 0.2) is 16.6 Å². The number of nitrogens with zero attached hydrogens (tertiary/aromatic N) is 2. The Kier molecular flexibility index (Phi) is 7.17. The van der Waals surface area contributed by atoms with Crippen LogP contribution >= 0.6 is 11.3 Å². The second-order valence-corrected chi connectivity index (χ2v) is 10.1. The third-order valence-electron chi connectivity index (χ3n) is 4.92. The molecule has 0 aliphatic heterocycles. The van der Waals surface area contributed by atoms with E-state index in [0.717, 1.165) is 5.56 Å². The quantitative estimate of drug-likeness (QED) is 0.527. The van der Waals surface area contributed by atoms with E-state index in [4.69, 9.17) is 9.47 Å². The Morgan fingerprint density at radius 3 is 2.31 bits per heavy atom. The zero-order chi connectivity index (χ0) is 23.5. The van der Waals surface area contributed by atoms with E-state index in [-0.39, 0.29) is 16.8 Å². The Labute approximate surface area is 191 Å². The SMILES string of the molecule is COc1ccc(-c2csc(NC(=O)c3ccc(S(=O)(=O)N(C)C(C)C)cc3)n2)cc1OC. The summed E-state index contributed by atoms with van der Waals surface area (Å²) in [4.78, 5) is 17.2. The highest BCUT2D eigenvalue weighted by Gasteiger charge is 2.23. The molecular weight excluding hydrogens is 450 g/mol. The smallest absolute Gasteiger partial charge is 0.257 e. The maximum Gasteiger partial charge on any atom is 0.257 e. The summed E-state index contributed by atoms with van der Waals surface area (Å²) in [5.41, 5.74) is 1.84. The molecule has 0 aliphatic rings. The van der Waals surface area contributed by atoms with Crippen LogP contribution in [0, 0.1) is 0 Å². The van der Waals surface area contributed by atoms with Gasteiger partial charge in [-0.25, -0.2) is 13.4 Å². The number of methoxy groups -OCH3 is 2. The van der Waals surface area contributed by atoms with E-state index < -0.39 is 10.0 Å². The number of amides is 1. The van der Waals surface area contributed by atoms with Crippen LogP contribution in [0.4, 0.5) is 5.13 Å². The number of benzene rings is 2. The van der Waals surface area contributed by atoms with E-state index in [2.05, 4.69) is 10.3 Å². The first kappa shape index (κ1) is 23.7. The van der Waals surface area contributed by atoms with Gasteiger partial charge >= 0.3 is 0 Å². The normalized spacial score (nSPS) is 11.6. The first-order valence-corrected chi connectivity index (χ1v) is 12.1. The number of nitrogens with one attached hydrogen (secondary N) is 1. The van der Waals surface area contributed by atoms with Crippen molar-refractivity contribution in [2.45, 2.75) is 24.8 Å². The van der Waals surface area contributed by atoms with Gasteiger partial charge < -0.3 is 9.47 Å². The summed E-state index contributed by atoms with van der Waals surface area (Å²) < 4.78 is 37.0. The second-order valence-electron chi connectivity index (χ2n) is 7.20. The Morgan fingerprint density at radius 2 is 1.72 bits per heavy atom. The highest BCUT2D eigenvalue weighted by atomic mass is 32.2. The van der Waals surface area contributed by atoms with Crippen molar-refractivity contribution in [3.05, 3.63) is 53.4 Å². The van der Waals surface area contributed by atoms with Crippen LogP contribution < -0.4 is 14.8 Å². The van der Waals surface area contributed by atoms with Crippen LogP contribution in [-0.4, -0.2) is 50.9 Å². The zero-order valence-corrected chi connectivity index (χ0v) is 20.1. The van der Waals surface area contributed by atoms with Crippen molar-refractivity contribution in [2.75, 3.05) is 26.6 Å². The molecule has 0 unspecified atom stereocenters. The average Bonchev–Trinajstić information content (AvgIpc) is 3.26. The molecule has 0 aliphatic carbocycles. The lowest BCUT2D eigenvalue weighted by atomic mass is 10.1. The Balaban J connectivity index is 1.74. The van der Waals surface area contributed by atoms with E-state index in [1.807, 2.05) is 17.5 Å². The molecule has 0 spiro atoms. The van der Waals surface area contributed by atoms with Crippen LogP contribution in [0.2, 0.25) is 0 Å². The van der Waals surface area contributed by atoms with Crippen molar-refractivity contribution in [3.63, 3.8) is 0 Å². The van der Waals surface area contributed by atoms with Gasteiger partial charge in [-0.2, -0.15) is 4.31 Å². The number of carbonyl (C=O) groups excluding carboxylic acids is 1. The number of anilines is 1. The average molecular weight is 476 g/mol. The molecule has 0 fully saturated rings. The minimum atomic E-state index is -3.61. The van der Waals surface area contributed by atoms with Gasteiger partial charge in [0.05, 0.1) is 24.8 Å². The van der Waals surface area contributed by atoms with Crippen LogP contribution in [0.3, 0.4) is 0 Å². The van der Waals surface area contributed by atoms with Gasteiger partial charge in [0.1, 0.15) is 0 Å². The fraction of sp³-hybridized carbons (Fsp3) is 0.273. The molecule has 0 saturated heterocycles. The number of sulfonamides is 1. The first-order valence-electron chi connectivity index (χ1n) is 9.74. The predicted molar refractivity (Wildman–Crippen MR) is 125 cm³/mol. The van der Waals surface area contributed by atoms with Crippen LogP contribution in [0.1, 0.15) is 24.2 Å². The number of thiazole rings is 1. The largest absolute Gasteiger partial charge is 0.493 e. The maximum absolute atomic E-state index is 12.6. The second kappa shape index (κ2) is 9.68. The van der Waals surface area contributed by atoms with Crippen LogP contribution in [0.25, 0.3) is 11.3 Å². The molecule has 2 aromatic carbocycles. The molecule has 1 heterocycles. The predicted octanol–water partition coefficient (Wildman–Crippen LogP) is 4.11. The topological polar surface area (TPSA) is 97.8 Å². The van der Waals surface area contributed by atoms with Crippen molar-refractivity contribution in [1.29, 1.82) is 0 Å². The monoisotopic (exact) mass is 475 g/mol. The summed E-state index contributed by atoms with van der Waals surface area (Å²) in [7, 11) is 1.05. The Morgan fingerprint density at radius 1 is 1.06 bits per heavy atom. The number of ether oxygens (including phenoxy) is 2. The molecule has 0 saturated carbocycles. The Hall–Kier alpha value is -2.95. The van der Waals surface area contributed by atoms with Gasteiger partial charge in [-0.15, -0.1) is 11.3 Å². The maximum atomic E-state index is 12.6. The van der Waals surface area contributed by atoms with Gasteiger partial charge in [0.2, 0.25) is 10.0 Å². The van der Waals surface area contributed by atoms with Gasteiger partial charge in [-0.3, -0.25) is 10.1 Å². The molecule has 1 amide bonds. The highest BCUT2D eigenvalue weighted by Crippen LogP contribution is 2.33. The molecule has 1 N–H and O–H groups in total. The molecule has 10 heteroatoms. The van der Waals surface area contributed by atoms with E-state index >= 15 is 0 Å². The molecule has 0 radical (unpaired) electrons. The van der Waals surface area contributed by atoms with E-state index in [1.165, 1.54) is 47.0 Å². The number of hydrogen-bond donors (Lipinski definition) is 1. The standard InChI is InChI=1S/C22H25N3O5S2/c1-14(2)25(3)32(27,28)17-9-6-15(7-10-17)21(26)24-22-23-18(13-31-22)16-8-11-19(29-4)20(12-16)30-5/h6-14H,1-5H3,(H,23,24,26). The van der Waals surface area contributed by atoms with Crippen molar-refractivity contribution in [2.24, 2.45) is 0 Å². The molecule has 170 valence electrons. The molecule has 1 aromatic heterocycles. The zero-order valence-electron chi connectivity index (χ0n) is 18.4. The third kappa shape index (κ3) is 4.93. The van der Waals surface area contributed by atoms with Crippen LogP contribution in [0.15, 0.2) is 52.7 Å². The lowest BCUT2D eigenvalue weighted by Gasteiger charge is -2.20. The number of hydrogen-bond acceptors (Lipinski definition) is 7. The van der Waals surface area contributed by atoms with Crippen LogP contribution in [0.5, 0.6) is 11.5 Å². The number of rotatable bonds is 8. The summed E-state index contributed by atoms with van der Waals surface area (Å²) in [5, 5.41) is 5.01. The molecule has 32 heavy (non-hydrogen) atoms. The lowest BCUT2D eigenvalue weighted by Crippen LogP contribution is -2.33. The van der Waals surface area contributed by atoms with Crippen molar-refractivity contribution >= 4 is 32.4 Å². The van der Waals surface area contributed by atoms with Gasteiger partial charge in [0.25, 0.3) is 5.91 Å². The number of carbonyl (C=O) groups is 1. The summed E-state index contributed by atoms with van der Waals surface area (Å²) >= 11 is 1.29. The van der Waals surface area contributed by atoms with Crippen molar-refractivity contribution < 1.29 is 22.7 Å². The van der Waals surface area contributed by atoms with Crippen LogP contribution in [-0.2, 0) is 10.0 Å². The van der Waals surface area contributed by atoms with Gasteiger partial charge in [0, 0.05) is 29.6 Å². The van der Waals surface area contributed by atoms with Crippen molar-refractivity contribution in [3.8, 4) is 22.8 Å². The highest BCUT2D eigenvalue weighted by molar-refractivity contribution is 7.89.